The van der Waals surface area contributed by atoms with Crippen LogP contribution in [0.5, 0.6) is 0 Å². The Labute approximate surface area is 241 Å². The summed E-state index contributed by atoms with van der Waals surface area (Å²) in [6.45, 7) is 10.2. The van der Waals surface area contributed by atoms with Gasteiger partial charge in [-0.15, -0.1) is 0 Å². The van der Waals surface area contributed by atoms with Crippen LogP contribution in [0, 0.1) is 17.7 Å². The molecule has 1 aromatic carbocycles. The first-order valence-electron chi connectivity index (χ1n) is 14.8. The number of amides is 3. The molecule has 2 aromatic rings. The molecule has 2 heterocycles. The van der Waals surface area contributed by atoms with E-state index < -0.39 is 23.7 Å². The van der Waals surface area contributed by atoms with Crippen molar-refractivity contribution in [3.63, 3.8) is 0 Å². The molecule has 1 saturated heterocycles. The van der Waals surface area contributed by atoms with Crippen molar-refractivity contribution in [3.05, 3.63) is 41.0 Å². The standard InChI is InChI=1S/C30H43FN6O4/c1-6-24-28(35-41-34-24)30(40)33-27(21-9-7-18(2)8-10-21)29(39)32-25-12-11-22(16-23(25)31)19(3)15-26(38)37-14-13-36(5)20(4)17-37/h11-12,16,18-21,27H,6-10,13-15,17H2,1-5H3,(H,32,39)(H,33,40)/t18?,19-,20-,21?,27+/m1/s1. The lowest BCUT2D eigenvalue weighted by Crippen LogP contribution is -2.52. The molecule has 41 heavy (non-hydrogen) atoms. The number of nitrogens with zero attached hydrogens (tertiary/aromatic N) is 4. The summed E-state index contributed by atoms with van der Waals surface area (Å²) in [4.78, 5) is 43.5. The molecule has 1 aromatic heterocycles. The maximum absolute atomic E-state index is 15.3. The fraction of sp³-hybridized carbons (Fsp3) is 0.633. The average Bonchev–Trinajstić information content (AvgIpc) is 3.44. The molecule has 3 atom stereocenters. The van der Waals surface area contributed by atoms with Crippen molar-refractivity contribution in [3.8, 4) is 0 Å². The van der Waals surface area contributed by atoms with Gasteiger partial charge in [0.25, 0.3) is 5.91 Å². The molecule has 4 rings (SSSR count). The Bertz CT molecular complexity index is 1230. The second-order valence-corrected chi connectivity index (χ2v) is 11.9. The summed E-state index contributed by atoms with van der Waals surface area (Å²) in [5.41, 5.74) is 1.19. The first-order chi connectivity index (χ1) is 19.6. The van der Waals surface area contributed by atoms with E-state index in [9.17, 15) is 14.4 Å². The third kappa shape index (κ3) is 7.49. The number of nitrogens with one attached hydrogen (secondary N) is 2. The highest BCUT2D eigenvalue weighted by molar-refractivity contribution is 6.01. The van der Waals surface area contributed by atoms with Crippen molar-refractivity contribution in [2.45, 2.75) is 84.2 Å². The minimum Gasteiger partial charge on any atom is -0.340 e. The fourth-order valence-electron chi connectivity index (χ4n) is 5.77. The summed E-state index contributed by atoms with van der Waals surface area (Å²) in [7, 11) is 2.06. The summed E-state index contributed by atoms with van der Waals surface area (Å²) < 4.78 is 20.0. The molecule has 2 aliphatic rings. The van der Waals surface area contributed by atoms with Gasteiger partial charge in [0.05, 0.1) is 5.69 Å². The van der Waals surface area contributed by atoms with Crippen LogP contribution in [0.25, 0.3) is 0 Å². The monoisotopic (exact) mass is 570 g/mol. The van der Waals surface area contributed by atoms with Gasteiger partial charge in [0.1, 0.15) is 17.6 Å². The number of aromatic nitrogens is 2. The lowest BCUT2D eigenvalue weighted by atomic mass is 9.79. The van der Waals surface area contributed by atoms with Gasteiger partial charge >= 0.3 is 0 Å². The molecule has 0 unspecified atom stereocenters. The van der Waals surface area contributed by atoms with Crippen molar-refractivity contribution < 1.29 is 23.4 Å². The Morgan fingerprint density at radius 3 is 2.51 bits per heavy atom. The highest BCUT2D eigenvalue weighted by atomic mass is 19.1. The minimum atomic E-state index is -0.863. The number of likely N-dealkylation sites (N-methyl/N-ethyl adjacent to an activating group) is 1. The van der Waals surface area contributed by atoms with Crippen LogP contribution < -0.4 is 10.6 Å². The van der Waals surface area contributed by atoms with E-state index in [-0.39, 0.29) is 35.5 Å². The molecule has 11 heteroatoms. The van der Waals surface area contributed by atoms with Crippen LogP contribution in [-0.2, 0) is 16.0 Å². The van der Waals surface area contributed by atoms with Crippen LogP contribution in [0.15, 0.2) is 22.8 Å². The second kappa shape index (κ2) is 13.5. The van der Waals surface area contributed by atoms with Gasteiger partial charge in [-0.2, -0.15) is 0 Å². The smallest absolute Gasteiger partial charge is 0.276 e. The van der Waals surface area contributed by atoms with Gasteiger partial charge in [0.15, 0.2) is 5.69 Å². The van der Waals surface area contributed by atoms with E-state index in [2.05, 4.69) is 46.7 Å². The van der Waals surface area contributed by atoms with Gasteiger partial charge in [-0.25, -0.2) is 9.02 Å². The first-order valence-corrected chi connectivity index (χ1v) is 14.8. The van der Waals surface area contributed by atoms with Gasteiger partial charge in [-0.1, -0.05) is 44.8 Å². The maximum Gasteiger partial charge on any atom is 0.276 e. The molecule has 1 aliphatic heterocycles. The van der Waals surface area contributed by atoms with E-state index in [1.807, 2.05) is 18.7 Å². The number of piperazine rings is 1. The van der Waals surface area contributed by atoms with E-state index in [1.165, 1.54) is 12.1 Å². The first kappa shape index (κ1) is 30.6. The van der Waals surface area contributed by atoms with Crippen molar-refractivity contribution in [1.82, 2.24) is 25.4 Å². The predicted molar refractivity (Wildman–Crippen MR) is 153 cm³/mol. The molecule has 1 aliphatic carbocycles. The van der Waals surface area contributed by atoms with E-state index in [0.717, 1.165) is 32.2 Å². The zero-order chi connectivity index (χ0) is 29.7. The number of hydrogen-bond acceptors (Lipinski definition) is 7. The van der Waals surface area contributed by atoms with Crippen LogP contribution in [0.4, 0.5) is 10.1 Å². The number of hydrogen-bond donors (Lipinski definition) is 2. The lowest BCUT2D eigenvalue weighted by molar-refractivity contribution is -0.134. The molecule has 0 spiro atoms. The third-order valence-corrected chi connectivity index (χ3v) is 8.82. The van der Waals surface area contributed by atoms with Crippen LogP contribution in [0.1, 0.15) is 87.5 Å². The average molecular weight is 571 g/mol. The van der Waals surface area contributed by atoms with E-state index in [4.69, 9.17) is 4.63 Å². The molecular formula is C30H43FN6O4. The van der Waals surface area contributed by atoms with Crippen molar-refractivity contribution in [2.24, 2.45) is 11.8 Å². The number of aryl methyl sites for hydroxylation is 1. The summed E-state index contributed by atoms with van der Waals surface area (Å²) in [6.07, 6.45) is 4.19. The number of carbonyl (C=O) groups is 3. The molecule has 0 radical (unpaired) electrons. The summed E-state index contributed by atoms with van der Waals surface area (Å²) >= 11 is 0. The molecular weight excluding hydrogens is 527 g/mol. The maximum atomic E-state index is 15.3. The summed E-state index contributed by atoms with van der Waals surface area (Å²) in [6, 6.07) is 4.09. The number of halogens is 1. The van der Waals surface area contributed by atoms with Crippen molar-refractivity contribution in [2.75, 3.05) is 32.0 Å². The Hall–Kier alpha value is -3.34. The highest BCUT2D eigenvalue weighted by Gasteiger charge is 2.34. The van der Waals surface area contributed by atoms with Crippen molar-refractivity contribution in [1.29, 1.82) is 0 Å². The van der Waals surface area contributed by atoms with Gasteiger partial charge in [0.2, 0.25) is 11.8 Å². The SMILES string of the molecule is CCc1nonc1C(=O)N[C@H](C(=O)Nc1ccc([C@H](C)CC(=O)N2CCN(C)[C@H](C)C2)cc1F)C1CCC(C)CC1. The zero-order valence-corrected chi connectivity index (χ0v) is 24.8. The van der Waals surface area contributed by atoms with E-state index in [0.29, 0.717) is 42.7 Å². The molecule has 3 amide bonds. The van der Waals surface area contributed by atoms with E-state index in [1.54, 1.807) is 6.07 Å². The quantitative estimate of drug-likeness (QED) is 0.468. The molecule has 10 nitrogen and oxygen atoms in total. The molecule has 1 saturated carbocycles. The third-order valence-electron chi connectivity index (χ3n) is 8.82. The Morgan fingerprint density at radius 2 is 1.85 bits per heavy atom. The predicted octanol–water partition coefficient (Wildman–Crippen LogP) is 3.99. The zero-order valence-electron chi connectivity index (χ0n) is 24.8. The number of anilines is 1. The number of rotatable bonds is 9. The molecule has 224 valence electrons. The number of benzene rings is 1. The van der Waals surface area contributed by atoms with Gasteiger partial charge in [0, 0.05) is 32.1 Å². The summed E-state index contributed by atoms with van der Waals surface area (Å²) in [5, 5.41) is 13.0. The fourth-order valence-corrected chi connectivity index (χ4v) is 5.77. The van der Waals surface area contributed by atoms with E-state index >= 15 is 4.39 Å². The summed E-state index contributed by atoms with van der Waals surface area (Å²) in [5.74, 6) is -1.26. The Kier molecular flexibility index (Phi) is 10.1. The van der Waals surface area contributed by atoms with Crippen LogP contribution in [0.3, 0.4) is 0 Å². The molecule has 0 bridgehead atoms. The van der Waals surface area contributed by atoms with Crippen LogP contribution in [-0.4, -0.2) is 76.6 Å². The van der Waals surface area contributed by atoms with Crippen molar-refractivity contribution >= 4 is 23.4 Å². The van der Waals surface area contributed by atoms with Gasteiger partial charge in [-0.3, -0.25) is 14.4 Å². The minimum absolute atomic E-state index is 0.0333. The van der Waals surface area contributed by atoms with Gasteiger partial charge < -0.3 is 20.4 Å². The Morgan fingerprint density at radius 1 is 1.12 bits per heavy atom. The van der Waals surface area contributed by atoms with Gasteiger partial charge in [-0.05, 0) is 73.8 Å². The molecule has 2 fully saturated rings. The highest BCUT2D eigenvalue weighted by Crippen LogP contribution is 2.32. The molecule has 2 N–H and O–H groups in total. The topological polar surface area (TPSA) is 121 Å². The van der Waals surface area contributed by atoms with Crippen LogP contribution in [0.2, 0.25) is 0 Å². The Balaban J connectivity index is 1.43. The normalized spacial score (nSPS) is 23.1. The van der Waals surface area contributed by atoms with Crippen LogP contribution >= 0.6 is 0 Å². The number of carbonyl (C=O) groups excluding carboxylic acids is 3. The second-order valence-electron chi connectivity index (χ2n) is 11.9. The lowest BCUT2D eigenvalue weighted by Gasteiger charge is -2.38. The largest absolute Gasteiger partial charge is 0.340 e.